The van der Waals surface area contributed by atoms with Crippen LogP contribution in [0.2, 0.25) is 0 Å². The summed E-state index contributed by atoms with van der Waals surface area (Å²) in [7, 11) is 0. The minimum atomic E-state index is 0.398. The third kappa shape index (κ3) is 1.35. The maximum Gasteiger partial charge on any atom is 0.200 e. The lowest BCUT2D eigenvalue weighted by atomic mass is 10.1. The van der Waals surface area contributed by atoms with E-state index in [0.29, 0.717) is 11.6 Å². The van der Waals surface area contributed by atoms with Crippen molar-refractivity contribution in [1.82, 2.24) is 20.2 Å². The van der Waals surface area contributed by atoms with Crippen molar-refractivity contribution in [2.24, 2.45) is 0 Å². The molecular formula is C9H10N4. The first kappa shape index (κ1) is 8.04. The first-order chi connectivity index (χ1) is 6.29. The highest BCUT2D eigenvalue weighted by atomic mass is 15.1. The second-order valence-electron chi connectivity index (χ2n) is 3.18. The number of nitrogens with zero attached hydrogens (tertiary/aromatic N) is 4. The van der Waals surface area contributed by atoms with Crippen LogP contribution < -0.4 is 0 Å². The van der Waals surface area contributed by atoms with Crippen LogP contribution in [-0.2, 0) is 0 Å². The number of rotatable bonds is 1. The van der Waals surface area contributed by atoms with E-state index in [2.05, 4.69) is 34.0 Å². The van der Waals surface area contributed by atoms with Crippen molar-refractivity contribution in [2.75, 3.05) is 0 Å². The number of aromatic nitrogens is 4. The number of hydrogen-bond acceptors (Lipinski definition) is 4. The van der Waals surface area contributed by atoms with Crippen LogP contribution in [0.25, 0.3) is 11.2 Å². The zero-order valence-corrected chi connectivity index (χ0v) is 7.60. The number of fused-ring (bicyclic) bond motifs is 1. The lowest BCUT2D eigenvalue weighted by Gasteiger charge is -2.05. The molecular weight excluding hydrogens is 164 g/mol. The van der Waals surface area contributed by atoms with E-state index in [0.717, 1.165) is 11.1 Å². The van der Waals surface area contributed by atoms with E-state index in [-0.39, 0.29) is 0 Å². The zero-order chi connectivity index (χ0) is 9.26. The van der Waals surface area contributed by atoms with Crippen molar-refractivity contribution in [3.05, 3.63) is 24.2 Å². The average Bonchev–Trinajstić information content (AvgIpc) is 2.17. The van der Waals surface area contributed by atoms with Crippen molar-refractivity contribution in [3.63, 3.8) is 0 Å². The van der Waals surface area contributed by atoms with Gasteiger partial charge in [0.05, 0.1) is 6.20 Å². The van der Waals surface area contributed by atoms with E-state index in [9.17, 15) is 0 Å². The Morgan fingerprint density at radius 2 is 1.92 bits per heavy atom. The summed E-state index contributed by atoms with van der Waals surface area (Å²) < 4.78 is 0. The molecule has 0 spiro atoms. The van der Waals surface area contributed by atoms with Crippen LogP contribution in [0.3, 0.4) is 0 Å². The summed E-state index contributed by atoms with van der Waals surface area (Å²) in [6.45, 7) is 4.20. The predicted octanol–water partition coefficient (Wildman–Crippen LogP) is 1.54. The molecule has 0 aliphatic carbocycles. The Bertz CT molecular complexity index is 419. The van der Waals surface area contributed by atoms with Crippen molar-refractivity contribution in [2.45, 2.75) is 19.8 Å². The van der Waals surface area contributed by atoms with Crippen LogP contribution >= 0.6 is 0 Å². The van der Waals surface area contributed by atoms with Gasteiger partial charge in [0.15, 0.2) is 0 Å². The smallest absolute Gasteiger partial charge is 0.200 e. The summed E-state index contributed by atoms with van der Waals surface area (Å²) in [5, 5.41) is 7.78. The lowest BCUT2D eigenvalue weighted by Crippen LogP contribution is -1.97. The summed E-state index contributed by atoms with van der Waals surface area (Å²) in [5.41, 5.74) is 2.57. The highest BCUT2D eigenvalue weighted by Crippen LogP contribution is 2.18. The van der Waals surface area contributed by atoms with Crippen LogP contribution in [0.15, 0.2) is 18.6 Å². The molecule has 0 saturated heterocycles. The molecule has 0 aliphatic rings. The van der Waals surface area contributed by atoms with Gasteiger partial charge in [0.2, 0.25) is 5.65 Å². The highest BCUT2D eigenvalue weighted by molar-refractivity contribution is 5.72. The Hall–Kier alpha value is -1.58. The van der Waals surface area contributed by atoms with Crippen molar-refractivity contribution in [3.8, 4) is 0 Å². The molecule has 4 heteroatoms. The normalized spacial score (nSPS) is 11.0. The van der Waals surface area contributed by atoms with Crippen LogP contribution in [0.1, 0.15) is 25.3 Å². The molecule has 0 unspecified atom stereocenters. The first-order valence-electron chi connectivity index (χ1n) is 4.21. The van der Waals surface area contributed by atoms with Gasteiger partial charge in [0.25, 0.3) is 0 Å². The van der Waals surface area contributed by atoms with E-state index in [1.807, 2.05) is 0 Å². The Morgan fingerprint density at radius 1 is 1.15 bits per heavy atom. The minimum absolute atomic E-state index is 0.398. The molecule has 0 saturated carbocycles. The molecule has 2 rings (SSSR count). The van der Waals surface area contributed by atoms with Gasteiger partial charge in [-0.3, -0.25) is 4.98 Å². The van der Waals surface area contributed by atoms with Gasteiger partial charge in [-0.2, -0.15) is 5.10 Å². The van der Waals surface area contributed by atoms with Gasteiger partial charge in [-0.25, -0.2) is 4.98 Å². The zero-order valence-electron chi connectivity index (χ0n) is 7.60. The van der Waals surface area contributed by atoms with Crippen LogP contribution in [-0.4, -0.2) is 20.2 Å². The lowest BCUT2D eigenvalue weighted by molar-refractivity contribution is 0.850. The molecule has 66 valence electrons. The molecule has 13 heavy (non-hydrogen) atoms. The Labute approximate surface area is 76.1 Å². The van der Waals surface area contributed by atoms with Crippen molar-refractivity contribution >= 4 is 11.2 Å². The average molecular weight is 174 g/mol. The Kier molecular flexibility index (Phi) is 1.88. The molecule has 2 heterocycles. The molecule has 0 fully saturated rings. The fraction of sp³-hybridized carbons (Fsp3) is 0.333. The fourth-order valence-corrected chi connectivity index (χ4v) is 1.24. The molecule has 0 atom stereocenters. The molecule has 4 nitrogen and oxygen atoms in total. The van der Waals surface area contributed by atoms with Crippen LogP contribution in [0.4, 0.5) is 0 Å². The van der Waals surface area contributed by atoms with E-state index >= 15 is 0 Å². The van der Waals surface area contributed by atoms with E-state index < -0.39 is 0 Å². The largest absolute Gasteiger partial charge is 0.251 e. The second kappa shape index (κ2) is 3.05. The number of hydrogen-bond donors (Lipinski definition) is 0. The van der Waals surface area contributed by atoms with Crippen LogP contribution in [0.5, 0.6) is 0 Å². The van der Waals surface area contributed by atoms with Gasteiger partial charge in [-0.1, -0.05) is 13.8 Å². The van der Waals surface area contributed by atoms with Crippen molar-refractivity contribution < 1.29 is 0 Å². The van der Waals surface area contributed by atoms with Gasteiger partial charge < -0.3 is 0 Å². The van der Waals surface area contributed by atoms with Crippen LogP contribution in [0, 0.1) is 0 Å². The summed E-state index contributed by atoms with van der Waals surface area (Å²) in [4.78, 5) is 8.33. The van der Waals surface area contributed by atoms with E-state index in [1.54, 1.807) is 18.6 Å². The SMILES string of the molecule is CC(C)c1cnnc2nccnc12. The van der Waals surface area contributed by atoms with E-state index in [1.165, 1.54) is 0 Å². The van der Waals surface area contributed by atoms with Gasteiger partial charge in [0, 0.05) is 18.0 Å². The molecule has 0 radical (unpaired) electrons. The Morgan fingerprint density at radius 3 is 2.69 bits per heavy atom. The molecule has 0 amide bonds. The standard InChI is InChI=1S/C9H10N4/c1-6(2)7-5-12-13-9-8(7)10-3-4-11-9/h3-6H,1-2H3. The molecule has 2 aromatic rings. The summed E-state index contributed by atoms with van der Waals surface area (Å²) in [6.07, 6.45) is 5.05. The summed E-state index contributed by atoms with van der Waals surface area (Å²) in [6, 6.07) is 0. The first-order valence-corrected chi connectivity index (χ1v) is 4.21. The second-order valence-corrected chi connectivity index (χ2v) is 3.18. The minimum Gasteiger partial charge on any atom is -0.251 e. The van der Waals surface area contributed by atoms with Gasteiger partial charge in [0.1, 0.15) is 5.52 Å². The van der Waals surface area contributed by atoms with Gasteiger partial charge >= 0.3 is 0 Å². The third-order valence-corrected chi connectivity index (χ3v) is 1.92. The molecule has 0 N–H and O–H groups in total. The Balaban J connectivity index is 2.76. The molecule has 2 aromatic heterocycles. The van der Waals surface area contributed by atoms with Crippen molar-refractivity contribution in [1.29, 1.82) is 0 Å². The summed E-state index contributed by atoms with van der Waals surface area (Å²) in [5.74, 6) is 0.398. The maximum atomic E-state index is 4.24. The molecule has 0 bridgehead atoms. The molecule has 0 aromatic carbocycles. The van der Waals surface area contributed by atoms with Gasteiger partial charge in [-0.05, 0) is 5.92 Å². The molecule has 0 aliphatic heterocycles. The monoisotopic (exact) mass is 174 g/mol. The topological polar surface area (TPSA) is 51.6 Å². The quantitative estimate of drug-likeness (QED) is 0.658. The maximum absolute atomic E-state index is 4.24. The fourth-order valence-electron chi connectivity index (χ4n) is 1.24. The third-order valence-electron chi connectivity index (χ3n) is 1.92. The highest BCUT2D eigenvalue weighted by Gasteiger charge is 2.07. The van der Waals surface area contributed by atoms with E-state index in [4.69, 9.17) is 0 Å². The summed E-state index contributed by atoms with van der Waals surface area (Å²) >= 11 is 0. The predicted molar refractivity (Wildman–Crippen MR) is 49.2 cm³/mol. The van der Waals surface area contributed by atoms with Gasteiger partial charge in [-0.15, -0.1) is 5.10 Å².